The fraction of sp³-hybridized carbons (Fsp3) is 0.194. The van der Waals surface area contributed by atoms with Gasteiger partial charge >= 0.3 is 0 Å². The van der Waals surface area contributed by atoms with Gasteiger partial charge in [-0.2, -0.15) is 0 Å². The van der Waals surface area contributed by atoms with Crippen molar-refractivity contribution in [2.75, 3.05) is 13.1 Å². The average Bonchev–Trinajstić information content (AvgIpc) is 3.56. The molecule has 2 heteroatoms. The minimum Gasteiger partial charge on any atom is -0.292 e. The van der Waals surface area contributed by atoms with Gasteiger partial charge in [-0.05, 0) is 64.5 Å². The molecule has 0 aromatic heterocycles. The van der Waals surface area contributed by atoms with Crippen molar-refractivity contribution < 1.29 is 4.79 Å². The maximum Gasteiger partial charge on any atom is 0.189 e. The van der Waals surface area contributed by atoms with E-state index in [0.29, 0.717) is 0 Å². The summed E-state index contributed by atoms with van der Waals surface area (Å²) in [4.78, 5) is 17.4. The molecular formula is C31H25NO. The van der Waals surface area contributed by atoms with Crippen LogP contribution in [0.4, 0.5) is 0 Å². The van der Waals surface area contributed by atoms with Crippen LogP contribution in [0.3, 0.4) is 0 Å². The van der Waals surface area contributed by atoms with E-state index >= 15 is 0 Å². The topological polar surface area (TPSA) is 20.3 Å². The molecule has 0 amide bonds. The van der Waals surface area contributed by atoms with E-state index in [1.54, 1.807) is 0 Å². The molecule has 4 aromatic rings. The SMILES string of the molecule is O=C1C(c2ccccc2)=C(c2ccccc2)[C@@H]2c3cccc4cccc(c34)[C@]12N1CCCC1. The summed E-state index contributed by atoms with van der Waals surface area (Å²) in [6.45, 7) is 1.94. The van der Waals surface area contributed by atoms with Crippen molar-refractivity contribution in [3.63, 3.8) is 0 Å². The third-order valence-corrected chi connectivity index (χ3v) is 7.96. The highest BCUT2D eigenvalue weighted by Crippen LogP contribution is 2.65. The molecule has 1 saturated heterocycles. The molecule has 2 nitrogen and oxygen atoms in total. The van der Waals surface area contributed by atoms with Gasteiger partial charge in [-0.3, -0.25) is 9.69 Å². The Labute approximate surface area is 194 Å². The van der Waals surface area contributed by atoms with E-state index in [4.69, 9.17) is 0 Å². The largest absolute Gasteiger partial charge is 0.292 e. The van der Waals surface area contributed by atoms with Crippen molar-refractivity contribution in [2.24, 2.45) is 0 Å². The summed E-state index contributed by atoms with van der Waals surface area (Å²) in [6.07, 6.45) is 2.30. The molecular weight excluding hydrogens is 402 g/mol. The summed E-state index contributed by atoms with van der Waals surface area (Å²) in [5.41, 5.74) is 6.10. The quantitative estimate of drug-likeness (QED) is 0.376. The lowest BCUT2D eigenvalue weighted by Gasteiger charge is -2.40. The van der Waals surface area contributed by atoms with E-state index in [2.05, 4.69) is 83.8 Å². The molecule has 4 aromatic carbocycles. The summed E-state index contributed by atoms with van der Waals surface area (Å²) in [5.74, 6) is 0.268. The third kappa shape index (κ3) is 2.39. The van der Waals surface area contributed by atoms with Gasteiger partial charge in [-0.15, -0.1) is 0 Å². The molecule has 160 valence electrons. The molecule has 0 saturated carbocycles. The molecule has 0 N–H and O–H groups in total. The zero-order valence-electron chi connectivity index (χ0n) is 18.5. The maximum absolute atomic E-state index is 14.9. The van der Waals surface area contributed by atoms with Gasteiger partial charge in [0.25, 0.3) is 0 Å². The highest BCUT2D eigenvalue weighted by molar-refractivity contribution is 6.38. The van der Waals surface area contributed by atoms with Crippen LogP contribution in [0.5, 0.6) is 0 Å². The lowest BCUT2D eigenvalue weighted by atomic mass is 9.77. The second-order valence-corrected chi connectivity index (χ2v) is 9.49. The second-order valence-electron chi connectivity index (χ2n) is 9.49. The van der Waals surface area contributed by atoms with E-state index in [-0.39, 0.29) is 11.7 Å². The molecule has 3 aliphatic rings. The number of nitrogens with zero attached hydrogens (tertiary/aromatic N) is 1. The predicted octanol–water partition coefficient (Wildman–Crippen LogP) is 6.42. The minimum absolute atomic E-state index is 0.00167. The average molecular weight is 428 g/mol. The number of benzene rings is 4. The fourth-order valence-corrected chi connectivity index (χ4v) is 6.77. The van der Waals surface area contributed by atoms with Crippen LogP contribution < -0.4 is 0 Å². The number of carbonyl (C=O) groups excluding carboxylic acids is 1. The second kappa shape index (κ2) is 7.00. The number of carbonyl (C=O) groups is 1. The van der Waals surface area contributed by atoms with E-state index < -0.39 is 5.54 Å². The molecule has 1 heterocycles. The van der Waals surface area contributed by atoms with Gasteiger partial charge in [0, 0.05) is 11.5 Å². The van der Waals surface area contributed by atoms with Gasteiger partial charge < -0.3 is 0 Å². The molecule has 0 bridgehead atoms. The van der Waals surface area contributed by atoms with Crippen LogP contribution in [-0.2, 0) is 10.3 Å². The first-order chi connectivity index (χ1) is 16.3. The normalized spacial score (nSPS) is 24.1. The molecule has 2 atom stereocenters. The minimum atomic E-state index is -0.657. The number of Topliss-reactive ketones (excluding diaryl/α,β-unsaturated/α-hetero) is 1. The lowest BCUT2D eigenvalue weighted by Crippen LogP contribution is -2.50. The summed E-state index contributed by atoms with van der Waals surface area (Å²) >= 11 is 0. The van der Waals surface area contributed by atoms with Crippen LogP contribution in [0.1, 0.15) is 41.0 Å². The Hall–Kier alpha value is -3.49. The van der Waals surface area contributed by atoms with E-state index in [1.165, 1.54) is 27.5 Å². The first kappa shape index (κ1) is 19.0. The molecule has 1 fully saturated rings. The van der Waals surface area contributed by atoms with Gasteiger partial charge in [0.2, 0.25) is 0 Å². The van der Waals surface area contributed by atoms with Crippen molar-refractivity contribution in [3.05, 3.63) is 119 Å². The monoisotopic (exact) mass is 427 g/mol. The molecule has 1 aliphatic heterocycles. The van der Waals surface area contributed by atoms with Crippen LogP contribution in [0.25, 0.3) is 21.9 Å². The van der Waals surface area contributed by atoms with Crippen LogP contribution in [-0.4, -0.2) is 23.8 Å². The molecule has 33 heavy (non-hydrogen) atoms. The Balaban J connectivity index is 1.62. The van der Waals surface area contributed by atoms with Crippen molar-refractivity contribution in [2.45, 2.75) is 24.3 Å². The summed E-state index contributed by atoms with van der Waals surface area (Å²) in [5, 5.41) is 2.52. The Kier molecular flexibility index (Phi) is 4.04. The van der Waals surface area contributed by atoms with Crippen molar-refractivity contribution in [1.29, 1.82) is 0 Å². The number of fused-ring (bicyclic) bond motifs is 3. The highest BCUT2D eigenvalue weighted by Gasteiger charge is 2.63. The maximum atomic E-state index is 14.9. The summed E-state index contributed by atoms with van der Waals surface area (Å²) in [7, 11) is 0. The number of rotatable bonds is 3. The molecule has 0 spiro atoms. The summed E-state index contributed by atoms with van der Waals surface area (Å²) in [6, 6.07) is 34.1. The van der Waals surface area contributed by atoms with E-state index in [1.807, 2.05) is 18.2 Å². The standard InChI is InChI=1S/C31H25NO/c33-30-28(23-13-5-2-6-14-23)27(22-11-3-1-4-12-22)29-24-17-9-15-21-16-10-18-25(26(21)24)31(29,30)32-19-7-8-20-32/h1-6,9-18,29H,7-8,19-20H2/t29-,31+/m0/s1. The van der Waals surface area contributed by atoms with Crippen LogP contribution in [0, 0.1) is 0 Å². The third-order valence-electron chi connectivity index (χ3n) is 7.96. The van der Waals surface area contributed by atoms with Crippen LogP contribution in [0.15, 0.2) is 97.1 Å². The van der Waals surface area contributed by atoms with Gasteiger partial charge in [-0.1, -0.05) is 97.1 Å². The van der Waals surface area contributed by atoms with Crippen molar-refractivity contribution in [1.82, 2.24) is 4.90 Å². The first-order valence-electron chi connectivity index (χ1n) is 12.0. The van der Waals surface area contributed by atoms with Gasteiger partial charge in [-0.25, -0.2) is 0 Å². The van der Waals surface area contributed by atoms with Crippen molar-refractivity contribution >= 4 is 27.7 Å². The highest BCUT2D eigenvalue weighted by atomic mass is 16.1. The first-order valence-corrected chi connectivity index (χ1v) is 12.0. The molecule has 7 rings (SSSR count). The van der Waals surface area contributed by atoms with Gasteiger partial charge in [0.1, 0.15) is 5.54 Å². The van der Waals surface area contributed by atoms with E-state index in [0.717, 1.165) is 42.6 Å². The fourth-order valence-electron chi connectivity index (χ4n) is 6.77. The molecule has 0 radical (unpaired) electrons. The zero-order valence-corrected chi connectivity index (χ0v) is 18.5. The number of likely N-dealkylation sites (tertiary alicyclic amines) is 1. The van der Waals surface area contributed by atoms with Crippen molar-refractivity contribution in [3.8, 4) is 0 Å². The Bertz CT molecular complexity index is 1420. The van der Waals surface area contributed by atoms with Crippen LogP contribution in [0.2, 0.25) is 0 Å². The Morgan fingerprint density at radius 3 is 2.03 bits per heavy atom. The number of hydrogen-bond donors (Lipinski definition) is 0. The molecule has 2 aliphatic carbocycles. The molecule has 0 unspecified atom stereocenters. The van der Waals surface area contributed by atoms with E-state index in [9.17, 15) is 4.79 Å². The summed E-state index contributed by atoms with van der Waals surface area (Å²) < 4.78 is 0. The van der Waals surface area contributed by atoms with Crippen LogP contribution >= 0.6 is 0 Å². The van der Waals surface area contributed by atoms with Gasteiger partial charge in [0.15, 0.2) is 5.78 Å². The Morgan fingerprint density at radius 1 is 0.697 bits per heavy atom. The lowest BCUT2D eigenvalue weighted by molar-refractivity contribution is -0.124. The zero-order chi connectivity index (χ0) is 22.0. The number of ketones is 1. The predicted molar refractivity (Wildman–Crippen MR) is 134 cm³/mol. The Morgan fingerprint density at radius 2 is 1.33 bits per heavy atom. The smallest absolute Gasteiger partial charge is 0.189 e. The number of hydrogen-bond acceptors (Lipinski definition) is 2. The van der Waals surface area contributed by atoms with Gasteiger partial charge in [0.05, 0.1) is 0 Å².